The third kappa shape index (κ3) is 4.02. The molecule has 2 aromatic carbocycles. The summed E-state index contributed by atoms with van der Waals surface area (Å²) in [5, 5.41) is 12.1. The van der Waals surface area contributed by atoms with Gasteiger partial charge in [-0.05, 0) is 49.7 Å². The van der Waals surface area contributed by atoms with Crippen LogP contribution in [-0.4, -0.2) is 23.6 Å². The first kappa shape index (κ1) is 16.8. The molecule has 6 heteroatoms. The van der Waals surface area contributed by atoms with E-state index in [1.807, 2.05) is 6.92 Å². The largest absolute Gasteiger partial charge is 0.492 e. The Hall–Kier alpha value is -2.53. The number of anilines is 1. The molecule has 2 aromatic rings. The molecule has 0 unspecified atom stereocenters. The lowest BCUT2D eigenvalue weighted by Gasteiger charge is -2.11. The Morgan fingerprint density at radius 2 is 1.87 bits per heavy atom. The molecule has 0 fully saturated rings. The molecule has 23 heavy (non-hydrogen) atoms. The fourth-order valence-corrected chi connectivity index (χ4v) is 2.23. The molecule has 0 atom stereocenters. The Balaban J connectivity index is 2.24. The first-order chi connectivity index (χ1) is 10.9. The van der Waals surface area contributed by atoms with Gasteiger partial charge in [0, 0.05) is 11.3 Å². The third-order valence-corrected chi connectivity index (χ3v) is 3.52. The van der Waals surface area contributed by atoms with Crippen LogP contribution in [0.25, 0.3) is 0 Å². The summed E-state index contributed by atoms with van der Waals surface area (Å²) in [6, 6.07) is 9.29. The Labute approximate surface area is 138 Å². The normalized spacial score (nSPS) is 10.2. The van der Waals surface area contributed by atoms with Gasteiger partial charge in [-0.15, -0.1) is 0 Å². The number of amides is 1. The average molecular weight is 334 g/mol. The van der Waals surface area contributed by atoms with Crippen LogP contribution in [0.4, 0.5) is 5.69 Å². The van der Waals surface area contributed by atoms with Crippen LogP contribution in [0.5, 0.6) is 5.75 Å². The molecule has 1 amide bonds. The van der Waals surface area contributed by atoms with E-state index in [1.54, 1.807) is 25.1 Å². The predicted octanol–water partition coefficient (Wildman–Crippen LogP) is 4.00. The number of ether oxygens (including phenoxy) is 1. The quantitative estimate of drug-likeness (QED) is 0.867. The SMILES string of the molecule is CCOc1ccc(C(=O)Nc2cc(C(=O)O)ccc2C)cc1Cl. The Morgan fingerprint density at radius 3 is 2.48 bits per heavy atom. The number of rotatable bonds is 5. The highest BCUT2D eigenvalue weighted by Crippen LogP contribution is 2.26. The van der Waals surface area contributed by atoms with Gasteiger partial charge >= 0.3 is 5.97 Å². The Kier molecular flexibility index (Phi) is 5.24. The Morgan fingerprint density at radius 1 is 1.17 bits per heavy atom. The molecule has 2 rings (SSSR count). The summed E-state index contributed by atoms with van der Waals surface area (Å²) in [6.07, 6.45) is 0. The lowest BCUT2D eigenvalue weighted by molar-refractivity contribution is 0.0696. The van der Waals surface area contributed by atoms with Crippen molar-refractivity contribution in [3.05, 3.63) is 58.1 Å². The van der Waals surface area contributed by atoms with Crippen molar-refractivity contribution in [1.29, 1.82) is 0 Å². The molecule has 0 bridgehead atoms. The van der Waals surface area contributed by atoms with Gasteiger partial charge in [0.15, 0.2) is 0 Å². The second kappa shape index (κ2) is 7.15. The standard InChI is InChI=1S/C17H16ClNO4/c1-3-23-15-7-6-11(8-13(15)18)16(20)19-14-9-12(17(21)22)5-4-10(14)2/h4-9H,3H2,1-2H3,(H,19,20)(H,21,22). The summed E-state index contributed by atoms with van der Waals surface area (Å²) in [6.45, 7) is 4.11. The number of hydrogen-bond acceptors (Lipinski definition) is 3. The highest BCUT2D eigenvalue weighted by atomic mass is 35.5. The van der Waals surface area contributed by atoms with Gasteiger partial charge in [0.05, 0.1) is 17.2 Å². The highest BCUT2D eigenvalue weighted by Gasteiger charge is 2.12. The van der Waals surface area contributed by atoms with Gasteiger partial charge in [0.2, 0.25) is 0 Å². The number of aromatic carboxylic acids is 1. The molecule has 5 nitrogen and oxygen atoms in total. The summed E-state index contributed by atoms with van der Waals surface area (Å²) in [5.74, 6) is -0.917. The number of carbonyl (C=O) groups is 2. The zero-order chi connectivity index (χ0) is 17.0. The van der Waals surface area contributed by atoms with Gasteiger partial charge < -0.3 is 15.2 Å². The zero-order valence-electron chi connectivity index (χ0n) is 12.7. The molecule has 0 heterocycles. The monoisotopic (exact) mass is 333 g/mol. The second-order valence-electron chi connectivity index (χ2n) is 4.87. The maximum Gasteiger partial charge on any atom is 0.335 e. The van der Waals surface area contributed by atoms with E-state index >= 15 is 0 Å². The molecule has 120 valence electrons. The molecule has 0 aliphatic heterocycles. The van der Waals surface area contributed by atoms with Crippen molar-refractivity contribution in [2.45, 2.75) is 13.8 Å². The van der Waals surface area contributed by atoms with Crippen LogP contribution in [0, 0.1) is 6.92 Å². The van der Waals surface area contributed by atoms with Crippen LogP contribution in [0.3, 0.4) is 0 Å². The van der Waals surface area contributed by atoms with Gasteiger partial charge in [-0.2, -0.15) is 0 Å². The molecule has 0 saturated heterocycles. The second-order valence-corrected chi connectivity index (χ2v) is 5.27. The summed E-state index contributed by atoms with van der Waals surface area (Å²) in [5.41, 5.74) is 1.68. The van der Waals surface area contributed by atoms with Gasteiger partial charge in [-0.1, -0.05) is 17.7 Å². The number of carboxylic acids is 1. The van der Waals surface area contributed by atoms with Gasteiger partial charge in [-0.3, -0.25) is 4.79 Å². The number of nitrogens with one attached hydrogen (secondary N) is 1. The first-order valence-corrected chi connectivity index (χ1v) is 7.37. The lowest BCUT2D eigenvalue weighted by atomic mass is 10.1. The summed E-state index contributed by atoms with van der Waals surface area (Å²) < 4.78 is 5.32. The highest BCUT2D eigenvalue weighted by molar-refractivity contribution is 6.32. The van der Waals surface area contributed by atoms with Crippen molar-refractivity contribution in [3.63, 3.8) is 0 Å². The van der Waals surface area contributed by atoms with Crippen molar-refractivity contribution >= 4 is 29.2 Å². The van der Waals surface area contributed by atoms with Crippen molar-refractivity contribution in [1.82, 2.24) is 0 Å². The molecule has 0 radical (unpaired) electrons. The number of benzene rings is 2. The number of halogens is 1. The molecule has 0 aliphatic carbocycles. The summed E-state index contributed by atoms with van der Waals surface area (Å²) in [4.78, 5) is 23.3. The van der Waals surface area contributed by atoms with Gasteiger partial charge in [0.25, 0.3) is 5.91 Å². The number of carbonyl (C=O) groups excluding carboxylic acids is 1. The number of hydrogen-bond donors (Lipinski definition) is 2. The maximum absolute atomic E-state index is 12.3. The summed E-state index contributed by atoms with van der Waals surface area (Å²) >= 11 is 6.07. The minimum absolute atomic E-state index is 0.107. The number of carboxylic acid groups (broad SMARTS) is 1. The van der Waals surface area contributed by atoms with Crippen LogP contribution in [-0.2, 0) is 0 Å². The topological polar surface area (TPSA) is 75.6 Å². The minimum atomic E-state index is -1.05. The molecule has 2 N–H and O–H groups in total. The fraction of sp³-hybridized carbons (Fsp3) is 0.176. The van der Waals surface area contributed by atoms with E-state index in [4.69, 9.17) is 21.4 Å². The van der Waals surface area contributed by atoms with E-state index in [-0.39, 0.29) is 11.5 Å². The van der Waals surface area contributed by atoms with Crippen LogP contribution < -0.4 is 10.1 Å². The molecule has 0 aliphatic rings. The molecular formula is C17H16ClNO4. The number of aryl methyl sites for hydroxylation is 1. The first-order valence-electron chi connectivity index (χ1n) is 7.00. The van der Waals surface area contributed by atoms with Crippen molar-refractivity contribution in [3.8, 4) is 5.75 Å². The lowest BCUT2D eigenvalue weighted by Crippen LogP contribution is -2.13. The van der Waals surface area contributed by atoms with E-state index in [0.717, 1.165) is 5.56 Å². The van der Waals surface area contributed by atoms with Gasteiger partial charge in [-0.25, -0.2) is 4.79 Å². The average Bonchev–Trinajstić information content (AvgIpc) is 2.51. The smallest absolute Gasteiger partial charge is 0.335 e. The van der Waals surface area contributed by atoms with E-state index in [1.165, 1.54) is 18.2 Å². The van der Waals surface area contributed by atoms with Crippen molar-refractivity contribution < 1.29 is 19.4 Å². The Bertz CT molecular complexity index is 758. The van der Waals surface area contributed by atoms with Crippen LogP contribution >= 0.6 is 11.6 Å². The minimum Gasteiger partial charge on any atom is -0.492 e. The molecule has 0 spiro atoms. The third-order valence-electron chi connectivity index (χ3n) is 3.23. The van der Waals surface area contributed by atoms with Crippen LogP contribution in [0.2, 0.25) is 5.02 Å². The maximum atomic E-state index is 12.3. The van der Waals surface area contributed by atoms with Crippen LogP contribution in [0.15, 0.2) is 36.4 Å². The van der Waals surface area contributed by atoms with E-state index in [9.17, 15) is 9.59 Å². The predicted molar refractivity (Wildman–Crippen MR) is 88.7 cm³/mol. The molecule has 0 saturated carbocycles. The van der Waals surface area contributed by atoms with Crippen LogP contribution in [0.1, 0.15) is 33.2 Å². The van der Waals surface area contributed by atoms with E-state index in [0.29, 0.717) is 28.6 Å². The van der Waals surface area contributed by atoms with E-state index < -0.39 is 5.97 Å². The van der Waals surface area contributed by atoms with E-state index in [2.05, 4.69) is 5.32 Å². The molecule has 0 aromatic heterocycles. The van der Waals surface area contributed by atoms with Crippen molar-refractivity contribution in [2.24, 2.45) is 0 Å². The van der Waals surface area contributed by atoms with Gasteiger partial charge in [0.1, 0.15) is 5.75 Å². The molecular weight excluding hydrogens is 318 g/mol. The summed E-state index contributed by atoms with van der Waals surface area (Å²) in [7, 11) is 0. The fourth-order valence-electron chi connectivity index (χ4n) is 2.00. The zero-order valence-corrected chi connectivity index (χ0v) is 13.5. The van der Waals surface area contributed by atoms with Crippen molar-refractivity contribution in [2.75, 3.05) is 11.9 Å².